The third-order valence-corrected chi connectivity index (χ3v) is 4.50. The van der Waals surface area contributed by atoms with Crippen LogP contribution >= 0.6 is 12.2 Å². The molecule has 0 saturated carbocycles. The molecular weight excluding hydrogens is 398 g/mol. The Labute approximate surface area is 183 Å². The van der Waals surface area contributed by atoms with Crippen molar-refractivity contribution in [3.63, 3.8) is 0 Å². The van der Waals surface area contributed by atoms with Crippen molar-refractivity contribution in [1.82, 2.24) is 10.7 Å². The number of hydrazone groups is 1. The molecule has 0 bridgehead atoms. The van der Waals surface area contributed by atoms with E-state index in [1.807, 2.05) is 24.3 Å². The first kappa shape index (κ1) is 23.2. The van der Waals surface area contributed by atoms with E-state index < -0.39 is 0 Å². The van der Waals surface area contributed by atoms with Gasteiger partial charge in [-0.2, -0.15) is 5.10 Å². The average molecular weight is 428 g/mol. The SMILES string of the molecule is C=CCNC(=S)N/N=C\c1ccc(OCCCOc2ccc(C)c(C)c2)c(OC)c1. The lowest BCUT2D eigenvalue weighted by molar-refractivity contribution is 0.240. The van der Waals surface area contributed by atoms with Gasteiger partial charge in [0.2, 0.25) is 0 Å². The van der Waals surface area contributed by atoms with Crippen molar-refractivity contribution < 1.29 is 14.2 Å². The van der Waals surface area contributed by atoms with E-state index >= 15 is 0 Å². The molecule has 0 aromatic heterocycles. The minimum atomic E-state index is 0.432. The Bertz CT molecular complexity index is 884. The summed E-state index contributed by atoms with van der Waals surface area (Å²) in [7, 11) is 1.61. The molecule has 0 spiro atoms. The molecule has 7 heteroatoms. The summed E-state index contributed by atoms with van der Waals surface area (Å²) < 4.78 is 17.1. The van der Waals surface area contributed by atoms with Crippen LogP contribution < -0.4 is 25.0 Å². The highest BCUT2D eigenvalue weighted by Crippen LogP contribution is 2.27. The van der Waals surface area contributed by atoms with E-state index in [4.69, 9.17) is 26.4 Å². The fourth-order valence-corrected chi connectivity index (χ4v) is 2.62. The second-order valence-electron chi connectivity index (χ2n) is 6.58. The van der Waals surface area contributed by atoms with Crippen LogP contribution in [0.5, 0.6) is 17.2 Å². The van der Waals surface area contributed by atoms with Crippen LogP contribution in [-0.4, -0.2) is 38.2 Å². The van der Waals surface area contributed by atoms with E-state index in [1.54, 1.807) is 19.4 Å². The highest BCUT2D eigenvalue weighted by Gasteiger charge is 2.05. The number of thiocarbonyl (C=S) groups is 1. The molecule has 2 aromatic carbocycles. The summed E-state index contributed by atoms with van der Waals surface area (Å²) in [5, 5.41) is 7.46. The highest BCUT2D eigenvalue weighted by molar-refractivity contribution is 7.80. The van der Waals surface area contributed by atoms with Gasteiger partial charge in [-0.15, -0.1) is 6.58 Å². The Balaban J connectivity index is 1.79. The van der Waals surface area contributed by atoms with Crippen LogP contribution in [0.4, 0.5) is 0 Å². The zero-order valence-electron chi connectivity index (χ0n) is 17.7. The quantitative estimate of drug-likeness (QED) is 0.185. The standard InChI is InChI=1S/C23H29N3O3S/c1-5-11-24-23(30)26-25-16-19-8-10-21(22(15-19)27-4)29-13-6-12-28-20-9-7-17(2)18(3)14-20/h5,7-10,14-16H,1,6,11-13H2,2-4H3,(H2,24,26,30)/b25-16-. The van der Waals surface area contributed by atoms with Crippen molar-refractivity contribution in [2.75, 3.05) is 26.9 Å². The first-order valence-electron chi connectivity index (χ1n) is 9.72. The Morgan fingerprint density at radius 3 is 2.60 bits per heavy atom. The number of aryl methyl sites for hydroxylation is 2. The maximum Gasteiger partial charge on any atom is 0.187 e. The van der Waals surface area contributed by atoms with Crippen LogP contribution in [0.3, 0.4) is 0 Å². The summed E-state index contributed by atoms with van der Waals surface area (Å²) in [6.45, 7) is 9.48. The molecule has 0 fully saturated rings. The molecule has 160 valence electrons. The van der Waals surface area contributed by atoms with Gasteiger partial charge in [0.05, 0.1) is 26.5 Å². The smallest absolute Gasteiger partial charge is 0.187 e. The molecule has 30 heavy (non-hydrogen) atoms. The molecule has 0 aliphatic rings. The molecule has 0 aliphatic heterocycles. The molecule has 0 amide bonds. The minimum Gasteiger partial charge on any atom is -0.493 e. The normalized spacial score (nSPS) is 10.5. The van der Waals surface area contributed by atoms with Gasteiger partial charge in [-0.1, -0.05) is 12.1 Å². The van der Waals surface area contributed by atoms with Crippen molar-refractivity contribution in [1.29, 1.82) is 0 Å². The summed E-state index contributed by atoms with van der Waals surface area (Å²) in [4.78, 5) is 0. The van der Waals surface area contributed by atoms with Crippen LogP contribution in [-0.2, 0) is 0 Å². The van der Waals surface area contributed by atoms with Crippen LogP contribution in [0, 0.1) is 13.8 Å². The Morgan fingerprint density at radius 1 is 1.07 bits per heavy atom. The Hall–Kier alpha value is -3.06. The van der Waals surface area contributed by atoms with Crippen molar-refractivity contribution in [3.05, 3.63) is 65.7 Å². The van der Waals surface area contributed by atoms with Crippen LogP contribution in [0.2, 0.25) is 0 Å². The minimum absolute atomic E-state index is 0.432. The van der Waals surface area contributed by atoms with Crippen molar-refractivity contribution >= 4 is 23.5 Å². The number of ether oxygens (including phenoxy) is 3. The summed E-state index contributed by atoms with van der Waals surface area (Å²) in [6.07, 6.45) is 4.14. The van der Waals surface area contributed by atoms with Gasteiger partial charge in [-0.3, -0.25) is 5.43 Å². The zero-order valence-corrected chi connectivity index (χ0v) is 18.6. The topological polar surface area (TPSA) is 64.1 Å². The molecule has 2 N–H and O–H groups in total. The lowest BCUT2D eigenvalue weighted by Gasteiger charge is -2.12. The summed E-state index contributed by atoms with van der Waals surface area (Å²) in [6, 6.07) is 11.7. The first-order valence-corrected chi connectivity index (χ1v) is 10.1. The van der Waals surface area contributed by atoms with Crippen molar-refractivity contribution in [3.8, 4) is 17.2 Å². The molecule has 0 atom stereocenters. The van der Waals surface area contributed by atoms with Crippen molar-refractivity contribution in [2.24, 2.45) is 5.10 Å². The molecule has 0 saturated heterocycles. The van der Waals surface area contributed by atoms with Crippen LogP contribution in [0.1, 0.15) is 23.1 Å². The zero-order chi connectivity index (χ0) is 21.8. The Morgan fingerprint density at radius 2 is 1.87 bits per heavy atom. The third-order valence-electron chi connectivity index (χ3n) is 4.27. The number of nitrogens with one attached hydrogen (secondary N) is 2. The van der Waals surface area contributed by atoms with Gasteiger partial charge in [-0.05, 0) is 73.1 Å². The average Bonchev–Trinajstić information content (AvgIpc) is 2.75. The van der Waals surface area contributed by atoms with Gasteiger partial charge in [0.25, 0.3) is 0 Å². The lowest BCUT2D eigenvalue weighted by Crippen LogP contribution is -2.31. The predicted molar refractivity (Wildman–Crippen MR) is 126 cm³/mol. The van der Waals surface area contributed by atoms with E-state index in [0.29, 0.717) is 36.4 Å². The molecular formula is C23H29N3O3S. The molecule has 2 aromatic rings. The number of hydrogen-bond donors (Lipinski definition) is 2. The van der Waals surface area contributed by atoms with E-state index in [0.717, 1.165) is 17.7 Å². The summed E-state index contributed by atoms with van der Waals surface area (Å²) >= 11 is 5.08. The Kier molecular flexibility index (Phi) is 9.67. The molecule has 2 rings (SSSR count). The van der Waals surface area contributed by atoms with E-state index in [1.165, 1.54) is 11.1 Å². The summed E-state index contributed by atoms with van der Waals surface area (Å²) in [5.41, 5.74) is 6.08. The van der Waals surface area contributed by atoms with Crippen LogP contribution in [0.25, 0.3) is 0 Å². The monoisotopic (exact) mass is 427 g/mol. The van der Waals surface area contributed by atoms with Crippen LogP contribution in [0.15, 0.2) is 54.2 Å². The number of benzene rings is 2. The molecule has 0 unspecified atom stereocenters. The molecule has 0 aliphatic carbocycles. The van der Waals surface area contributed by atoms with Gasteiger partial charge in [0, 0.05) is 13.0 Å². The van der Waals surface area contributed by atoms with Gasteiger partial charge in [0.1, 0.15) is 5.75 Å². The molecule has 6 nitrogen and oxygen atoms in total. The number of nitrogens with zero attached hydrogens (tertiary/aromatic N) is 1. The largest absolute Gasteiger partial charge is 0.493 e. The van der Waals surface area contributed by atoms with Gasteiger partial charge in [-0.25, -0.2) is 0 Å². The van der Waals surface area contributed by atoms with E-state index in [9.17, 15) is 0 Å². The maximum atomic E-state index is 5.85. The second-order valence-corrected chi connectivity index (χ2v) is 6.98. The van der Waals surface area contributed by atoms with E-state index in [-0.39, 0.29) is 0 Å². The third kappa shape index (κ3) is 7.75. The van der Waals surface area contributed by atoms with Gasteiger partial charge >= 0.3 is 0 Å². The van der Waals surface area contributed by atoms with Crippen molar-refractivity contribution in [2.45, 2.75) is 20.3 Å². The summed E-state index contributed by atoms with van der Waals surface area (Å²) in [5.74, 6) is 2.20. The molecule has 0 radical (unpaired) electrons. The van der Waals surface area contributed by atoms with Gasteiger partial charge in [0.15, 0.2) is 16.6 Å². The second kappa shape index (κ2) is 12.5. The predicted octanol–water partition coefficient (Wildman–Crippen LogP) is 4.14. The van der Waals surface area contributed by atoms with Gasteiger partial charge < -0.3 is 19.5 Å². The first-order chi connectivity index (χ1) is 14.5. The number of hydrogen-bond acceptors (Lipinski definition) is 5. The lowest BCUT2D eigenvalue weighted by atomic mass is 10.1. The maximum absolute atomic E-state index is 5.85. The fraction of sp³-hybridized carbons (Fsp3) is 0.304. The van der Waals surface area contributed by atoms with E-state index in [2.05, 4.69) is 48.4 Å². The highest BCUT2D eigenvalue weighted by atomic mass is 32.1. The number of methoxy groups -OCH3 is 1. The number of rotatable bonds is 11. The fourth-order valence-electron chi connectivity index (χ4n) is 2.49. The molecule has 0 heterocycles.